The highest BCUT2D eigenvalue weighted by molar-refractivity contribution is 7.88. The van der Waals surface area contributed by atoms with Crippen molar-refractivity contribution in [2.24, 2.45) is 22.7 Å². The summed E-state index contributed by atoms with van der Waals surface area (Å²) >= 11 is -1.06. The Hall–Kier alpha value is -1.77. The molecule has 2 heterocycles. The average Bonchev–Trinajstić information content (AvgIpc) is 3.52. The van der Waals surface area contributed by atoms with E-state index < -0.39 is 23.0 Å². The van der Waals surface area contributed by atoms with Crippen LogP contribution in [-0.4, -0.2) is 53.0 Å². The molecule has 1 aliphatic carbocycles. The summed E-state index contributed by atoms with van der Waals surface area (Å²) in [5.41, 5.74) is 1.38. The first-order chi connectivity index (χ1) is 14.8. The Morgan fingerprint density at radius 1 is 1.26 bits per heavy atom. The van der Waals surface area contributed by atoms with Crippen molar-refractivity contribution in [2.75, 3.05) is 25.9 Å². The Balaban J connectivity index is 1.45. The quantitative estimate of drug-likeness (QED) is 0.701. The standard InChI is InChI=1S/C23H29F2N3O2S/c1-14-11-17(22-20(24)6-3-7-21(22)25)19(13-26-14)16-12-18(16)23(29)28-9-4-5-15(8-10-28)27-31(2)30/h3,6-7,11,15-16,18-19,27H,4-5,8-10,12-13H2,1-2H3. The van der Waals surface area contributed by atoms with E-state index in [1.807, 2.05) is 11.8 Å². The molecule has 1 amide bonds. The highest BCUT2D eigenvalue weighted by Gasteiger charge is 2.51. The normalized spacial score (nSPS) is 29.6. The predicted octanol–water partition coefficient (Wildman–Crippen LogP) is 3.34. The molecule has 3 aliphatic rings. The van der Waals surface area contributed by atoms with Crippen LogP contribution in [0.2, 0.25) is 0 Å². The maximum absolute atomic E-state index is 14.5. The van der Waals surface area contributed by atoms with Gasteiger partial charge in [-0.2, -0.15) is 0 Å². The molecular weight excluding hydrogens is 420 g/mol. The van der Waals surface area contributed by atoms with E-state index in [0.717, 1.165) is 31.4 Å². The van der Waals surface area contributed by atoms with Crippen LogP contribution in [0, 0.1) is 29.4 Å². The van der Waals surface area contributed by atoms with Crippen LogP contribution in [0.5, 0.6) is 0 Å². The second kappa shape index (κ2) is 9.38. The molecule has 0 spiro atoms. The van der Waals surface area contributed by atoms with Gasteiger partial charge in [0, 0.05) is 54.1 Å². The number of dihydropyridines is 1. The summed E-state index contributed by atoms with van der Waals surface area (Å²) in [4.78, 5) is 19.6. The summed E-state index contributed by atoms with van der Waals surface area (Å²) in [7, 11) is 0. The number of allylic oxidation sites excluding steroid dienone is 1. The number of rotatable bonds is 5. The molecule has 1 aromatic rings. The summed E-state index contributed by atoms with van der Waals surface area (Å²) in [6, 6.07) is 4.08. The number of likely N-dealkylation sites (tertiary alicyclic amines) is 1. The fourth-order valence-electron chi connectivity index (χ4n) is 4.96. The van der Waals surface area contributed by atoms with Crippen LogP contribution in [0.4, 0.5) is 8.78 Å². The Morgan fingerprint density at radius 3 is 2.71 bits per heavy atom. The fourth-order valence-corrected chi connectivity index (χ4v) is 5.67. The highest BCUT2D eigenvalue weighted by Crippen LogP contribution is 2.51. The first kappa shape index (κ1) is 22.4. The zero-order valence-electron chi connectivity index (χ0n) is 17.9. The zero-order valence-corrected chi connectivity index (χ0v) is 18.8. The lowest BCUT2D eigenvalue weighted by Crippen LogP contribution is -2.37. The molecule has 2 fully saturated rings. The van der Waals surface area contributed by atoms with E-state index in [4.69, 9.17) is 0 Å². The number of carbonyl (C=O) groups is 1. The van der Waals surface area contributed by atoms with E-state index in [0.29, 0.717) is 25.2 Å². The number of aliphatic imine (C=N–C) groups is 1. The molecule has 4 rings (SSSR count). The van der Waals surface area contributed by atoms with E-state index in [2.05, 4.69) is 9.71 Å². The number of amides is 1. The fraction of sp³-hybridized carbons (Fsp3) is 0.565. The van der Waals surface area contributed by atoms with Gasteiger partial charge in [0.05, 0.1) is 6.04 Å². The van der Waals surface area contributed by atoms with Crippen molar-refractivity contribution in [3.63, 3.8) is 0 Å². The molecule has 1 aromatic carbocycles. The lowest BCUT2D eigenvalue weighted by Gasteiger charge is -2.25. The minimum atomic E-state index is -1.06. The third-order valence-corrected chi connectivity index (χ3v) is 7.26. The first-order valence-electron chi connectivity index (χ1n) is 10.9. The monoisotopic (exact) mass is 449 g/mol. The largest absolute Gasteiger partial charge is 0.598 e. The van der Waals surface area contributed by atoms with E-state index in [9.17, 15) is 18.1 Å². The van der Waals surface area contributed by atoms with Gasteiger partial charge in [-0.05, 0) is 62.3 Å². The summed E-state index contributed by atoms with van der Waals surface area (Å²) in [5.74, 6) is -1.25. The Labute approximate surface area is 185 Å². The zero-order chi connectivity index (χ0) is 22.1. The van der Waals surface area contributed by atoms with Crippen molar-refractivity contribution in [1.29, 1.82) is 0 Å². The van der Waals surface area contributed by atoms with Gasteiger partial charge in [-0.1, -0.05) is 6.07 Å². The van der Waals surface area contributed by atoms with Gasteiger partial charge in [0.15, 0.2) is 0 Å². The number of nitrogens with zero attached hydrogens (tertiary/aromatic N) is 2. The smallest absolute Gasteiger partial charge is 0.225 e. The minimum absolute atomic E-state index is 0.0103. The van der Waals surface area contributed by atoms with Gasteiger partial charge in [-0.3, -0.25) is 9.79 Å². The summed E-state index contributed by atoms with van der Waals surface area (Å²) in [6.45, 7) is 3.62. The van der Waals surface area contributed by atoms with Crippen LogP contribution in [0.15, 0.2) is 29.3 Å². The molecule has 5 unspecified atom stereocenters. The molecule has 1 N–H and O–H groups in total. The van der Waals surface area contributed by atoms with Crippen molar-refractivity contribution >= 4 is 28.6 Å². The van der Waals surface area contributed by atoms with Crippen LogP contribution in [0.3, 0.4) is 0 Å². The molecule has 8 heteroatoms. The third-order valence-electron chi connectivity index (χ3n) is 6.60. The molecular formula is C23H29F2N3O2S. The number of hydrogen-bond donors (Lipinski definition) is 1. The van der Waals surface area contributed by atoms with Crippen molar-refractivity contribution in [3.8, 4) is 0 Å². The summed E-state index contributed by atoms with van der Waals surface area (Å²) in [5, 5.41) is 0. The van der Waals surface area contributed by atoms with Gasteiger partial charge < -0.3 is 9.45 Å². The molecule has 0 radical (unpaired) electrons. The Bertz CT molecular complexity index is 885. The second-order valence-electron chi connectivity index (χ2n) is 8.82. The number of benzene rings is 1. The SMILES string of the molecule is CC1=NCC(C2CC2C(=O)N2CCCC(N[S+](C)[O-])CC2)C(c2c(F)cccc2F)=C1. The molecule has 1 saturated carbocycles. The molecule has 1 saturated heterocycles. The van der Waals surface area contributed by atoms with Crippen molar-refractivity contribution in [2.45, 2.75) is 38.6 Å². The number of carbonyl (C=O) groups excluding carboxylic acids is 1. The van der Waals surface area contributed by atoms with Crippen LogP contribution in [0.1, 0.15) is 38.2 Å². The highest BCUT2D eigenvalue weighted by atomic mass is 32.2. The molecule has 5 atom stereocenters. The minimum Gasteiger partial charge on any atom is -0.598 e. The van der Waals surface area contributed by atoms with E-state index in [1.54, 1.807) is 12.3 Å². The first-order valence-corrected chi connectivity index (χ1v) is 12.5. The Morgan fingerprint density at radius 2 is 2.00 bits per heavy atom. The van der Waals surface area contributed by atoms with Crippen LogP contribution in [-0.2, 0) is 16.2 Å². The third kappa shape index (κ3) is 5.02. The lowest BCUT2D eigenvalue weighted by atomic mass is 9.84. The maximum atomic E-state index is 14.5. The summed E-state index contributed by atoms with van der Waals surface area (Å²) < 4.78 is 43.5. The van der Waals surface area contributed by atoms with Gasteiger partial charge in [-0.15, -0.1) is 4.72 Å². The van der Waals surface area contributed by atoms with Crippen LogP contribution < -0.4 is 4.72 Å². The number of hydrogen-bond acceptors (Lipinski definition) is 4. The molecule has 2 aliphatic heterocycles. The van der Waals surface area contributed by atoms with Crippen molar-refractivity contribution in [3.05, 3.63) is 41.5 Å². The van der Waals surface area contributed by atoms with E-state index in [-0.39, 0.29) is 35.3 Å². The molecule has 0 bridgehead atoms. The predicted molar refractivity (Wildman–Crippen MR) is 119 cm³/mol. The topological polar surface area (TPSA) is 67.8 Å². The summed E-state index contributed by atoms with van der Waals surface area (Å²) in [6.07, 6.45) is 6.66. The van der Waals surface area contributed by atoms with Gasteiger partial charge in [0.2, 0.25) is 5.91 Å². The van der Waals surface area contributed by atoms with E-state index in [1.165, 1.54) is 18.2 Å². The van der Waals surface area contributed by atoms with Crippen LogP contribution in [0.25, 0.3) is 5.57 Å². The molecule has 0 aromatic heterocycles. The van der Waals surface area contributed by atoms with Gasteiger partial charge >= 0.3 is 0 Å². The number of halogens is 2. The molecule has 5 nitrogen and oxygen atoms in total. The van der Waals surface area contributed by atoms with Gasteiger partial charge in [0.1, 0.15) is 17.9 Å². The second-order valence-corrected chi connectivity index (χ2v) is 9.96. The van der Waals surface area contributed by atoms with Gasteiger partial charge in [-0.25, -0.2) is 8.78 Å². The number of nitrogens with one attached hydrogen (secondary N) is 1. The Kier molecular flexibility index (Phi) is 6.79. The van der Waals surface area contributed by atoms with Crippen molar-refractivity contribution in [1.82, 2.24) is 9.62 Å². The van der Waals surface area contributed by atoms with Gasteiger partial charge in [0.25, 0.3) is 0 Å². The average molecular weight is 450 g/mol. The van der Waals surface area contributed by atoms with E-state index >= 15 is 0 Å². The van der Waals surface area contributed by atoms with Crippen LogP contribution >= 0.6 is 0 Å². The van der Waals surface area contributed by atoms with Crippen molar-refractivity contribution < 1.29 is 18.1 Å². The molecule has 31 heavy (non-hydrogen) atoms. The lowest BCUT2D eigenvalue weighted by molar-refractivity contribution is -0.132. The molecule has 168 valence electrons. The maximum Gasteiger partial charge on any atom is 0.225 e.